The van der Waals surface area contributed by atoms with E-state index >= 15 is 0 Å². The summed E-state index contributed by atoms with van der Waals surface area (Å²) in [4.78, 5) is 39.8. The fraction of sp³-hybridized carbons (Fsp3) is 0.0811. The van der Waals surface area contributed by atoms with Crippen LogP contribution in [0, 0.1) is 11.2 Å². The van der Waals surface area contributed by atoms with Crippen LogP contribution < -0.4 is 15.4 Å². The van der Waals surface area contributed by atoms with Gasteiger partial charge in [-0.15, -0.1) is 0 Å². The minimum atomic E-state index is -0.839. The van der Waals surface area contributed by atoms with Crippen molar-refractivity contribution in [3.8, 4) is 11.6 Å². The Bertz CT molecular complexity index is 1940. The molecule has 0 unspecified atom stereocenters. The molecule has 3 N–H and O–H groups in total. The summed E-state index contributed by atoms with van der Waals surface area (Å²) in [5, 5.41) is 14.0. The van der Waals surface area contributed by atoms with E-state index in [1.807, 2.05) is 74.5 Å². The molecule has 48 heavy (non-hydrogen) atoms. The van der Waals surface area contributed by atoms with Gasteiger partial charge < -0.3 is 15.4 Å². The number of ether oxygens (including phenoxy) is 1. The number of ketones is 1. The zero-order chi connectivity index (χ0) is 34.0. The molecule has 0 aliphatic rings. The van der Waals surface area contributed by atoms with Crippen LogP contribution in [-0.2, 0) is 9.59 Å². The summed E-state index contributed by atoms with van der Waals surface area (Å²) in [6.07, 6.45) is 4.15. The van der Waals surface area contributed by atoms with E-state index in [0.29, 0.717) is 5.71 Å². The van der Waals surface area contributed by atoms with Crippen LogP contribution in [0.4, 0.5) is 15.9 Å². The average Bonchev–Trinajstić information content (AvgIpc) is 3.10. The Kier molecular flexibility index (Phi) is 10.8. The normalized spacial score (nSPS) is 11.1. The molecule has 0 atom stereocenters. The first kappa shape index (κ1) is 33.4. The number of carbonyl (C=O) groups excluding carboxylic acids is 2. The quantitative estimate of drug-likeness (QED) is 0.0545. The van der Waals surface area contributed by atoms with Crippen molar-refractivity contribution in [2.24, 2.45) is 4.99 Å². The van der Waals surface area contributed by atoms with E-state index in [2.05, 4.69) is 20.6 Å². The Morgan fingerprint density at radius 1 is 0.875 bits per heavy atom. The number of hydrogen-bond donors (Lipinski definition) is 3. The summed E-state index contributed by atoms with van der Waals surface area (Å²) < 4.78 is 19.3. The first-order chi connectivity index (χ1) is 23.2. The molecular weight excluding hydrogens is 631 g/mol. The van der Waals surface area contributed by atoms with Gasteiger partial charge in [-0.3, -0.25) is 15.0 Å². The number of carbonyl (C=O) groups is 2. The van der Waals surface area contributed by atoms with Crippen LogP contribution >= 0.6 is 11.6 Å². The smallest absolute Gasteiger partial charge is 0.261 e. The molecular formula is C37H30ClFN6O3. The summed E-state index contributed by atoms with van der Waals surface area (Å²) in [6.45, 7) is 3.67. The maximum absolute atomic E-state index is 13.4. The van der Waals surface area contributed by atoms with E-state index in [4.69, 9.17) is 26.7 Å². The van der Waals surface area contributed by atoms with Crippen molar-refractivity contribution in [3.05, 3.63) is 155 Å². The summed E-state index contributed by atoms with van der Waals surface area (Å²) in [5.41, 5.74) is 2.14. The first-order valence-electron chi connectivity index (χ1n) is 14.8. The van der Waals surface area contributed by atoms with E-state index in [9.17, 15) is 14.0 Å². The van der Waals surface area contributed by atoms with Gasteiger partial charge in [0, 0.05) is 47.3 Å². The van der Waals surface area contributed by atoms with Gasteiger partial charge in [0.2, 0.25) is 11.7 Å². The van der Waals surface area contributed by atoms with Crippen molar-refractivity contribution in [1.29, 1.82) is 5.41 Å². The van der Waals surface area contributed by atoms with E-state index in [0.717, 1.165) is 23.3 Å². The number of aliphatic imine (C=N–C) groups is 1. The maximum atomic E-state index is 13.4. The molecule has 11 heteroatoms. The maximum Gasteiger partial charge on any atom is 0.261 e. The summed E-state index contributed by atoms with van der Waals surface area (Å²) in [6, 6.07) is 28.8. The van der Waals surface area contributed by atoms with Gasteiger partial charge in [-0.1, -0.05) is 72.3 Å². The molecule has 0 radical (unpaired) electrons. The highest BCUT2D eigenvalue weighted by atomic mass is 35.5. The van der Waals surface area contributed by atoms with E-state index in [1.54, 1.807) is 12.1 Å². The molecule has 0 aliphatic heterocycles. The summed E-state index contributed by atoms with van der Waals surface area (Å²) in [7, 11) is 0. The number of pyridine rings is 2. The second-order valence-corrected chi connectivity index (χ2v) is 11.0. The highest BCUT2D eigenvalue weighted by Crippen LogP contribution is 2.35. The zero-order valence-electron chi connectivity index (χ0n) is 25.9. The van der Waals surface area contributed by atoms with Gasteiger partial charge in [-0.05, 0) is 44.2 Å². The Morgan fingerprint density at radius 2 is 1.52 bits per heavy atom. The number of amides is 1. The second-order valence-electron chi connectivity index (χ2n) is 10.7. The fourth-order valence-corrected chi connectivity index (χ4v) is 4.55. The highest BCUT2D eigenvalue weighted by Gasteiger charge is 2.24. The number of nitrogens with one attached hydrogen (secondary N) is 3. The second kappa shape index (κ2) is 15.5. The topological polar surface area (TPSA) is 129 Å². The van der Waals surface area contributed by atoms with Gasteiger partial charge >= 0.3 is 0 Å². The molecule has 0 saturated heterocycles. The lowest BCUT2D eigenvalue weighted by molar-refractivity contribution is -0.117. The van der Waals surface area contributed by atoms with E-state index < -0.39 is 23.2 Å². The Morgan fingerprint density at radius 3 is 2.10 bits per heavy atom. The molecule has 3 aromatic carbocycles. The van der Waals surface area contributed by atoms with Crippen molar-refractivity contribution in [2.45, 2.75) is 19.9 Å². The fourth-order valence-electron chi connectivity index (χ4n) is 4.36. The summed E-state index contributed by atoms with van der Waals surface area (Å²) in [5.74, 6) is -1.41. The van der Waals surface area contributed by atoms with Crippen LogP contribution in [0.15, 0.2) is 132 Å². The number of halogens is 2. The Hall–Kier alpha value is -6.00. The molecule has 0 bridgehead atoms. The number of rotatable bonds is 12. The molecule has 5 aromatic rings. The third kappa shape index (κ3) is 8.42. The molecule has 0 saturated carbocycles. The lowest BCUT2D eigenvalue weighted by atomic mass is 10.0. The van der Waals surface area contributed by atoms with E-state index in [1.165, 1.54) is 36.8 Å². The van der Waals surface area contributed by atoms with Crippen LogP contribution in [0.5, 0.6) is 11.6 Å². The van der Waals surface area contributed by atoms with Crippen LogP contribution in [-0.4, -0.2) is 39.1 Å². The molecule has 1 amide bonds. The van der Waals surface area contributed by atoms with E-state index in [-0.39, 0.29) is 45.3 Å². The highest BCUT2D eigenvalue weighted by molar-refractivity contribution is 6.55. The molecule has 2 heterocycles. The number of benzene rings is 3. The molecule has 2 aromatic heterocycles. The van der Waals surface area contributed by atoms with Crippen molar-refractivity contribution in [2.75, 3.05) is 5.32 Å². The number of aromatic nitrogens is 2. The molecule has 9 nitrogen and oxygen atoms in total. The Labute approximate surface area is 281 Å². The van der Waals surface area contributed by atoms with Gasteiger partial charge in [-0.2, -0.15) is 0 Å². The zero-order valence-corrected chi connectivity index (χ0v) is 26.7. The van der Waals surface area contributed by atoms with Gasteiger partial charge in [0.05, 0.1) is 17.6 Å². The van der Waals surface area contributed by atoms with Crippen LogP contribution in [0.1, 0.15) is 30.5 Å². The third-order valence-corrected chi connectivity index (χ3v) is 7.12. The summed E-state index contributed by atoms with van der Waals surface area (Å²) >= 11 is 6.71. The SMILES string of the molecule is CC(C)N/C=C(/C(=O)Nc1ccc(Oc2ccnc(N=C(c3ccccc3)c3ccccc3)c2Cl)nc1)C(=O)C(=N)c1ccc(F)cc1. The first-order valence-corrected chi connectivity index (χ1v) is 15.2. The largest absolute Gasteiger partial charge is 0.437 e. The number of anilines is 1. The monoisotopic (exact) mass is 660 g/mol. The van der Waals surface area contributed by atoms with Crippen molar-refractivity contribution in [3.63, 3.8) is 0 Å². The van der Waals surface area contributed by atoms with Crippen LogP contribution in [0.3, 0.4) is 0 Å². The standard InChI is InChI=1S/C37H30ClFN6O3/c1-23(2)42-22-29(35(46)33(40)24-13-15-27(39)16-14-24)37(47)44-28-17-18-31(43-21-28)48-30-19-20-41-36(32(30)38)45-34(25-9-5-3-6-10-25)26-11-7-4-8-12-26/h3-23,40,42H,1-2H3,(H,44,47)/b29-22+,40-33?. The molecule has 240 valence electrons. The van der Waals surface area contributed by atoms with Crippen LogP contribution in [0.2, 0.25) is 5.02 Å². The molecule has 0 fully saturated rings. The predicted molar refractivity (Wildman–Crippen MR) is 185 cm³/mol. The van der Waals surface area contributed by atoms with Crippen LogP contribution in [0.25, 0.3) is 0 Å². The van der Waals surface area contributed by atoms with Gasteiger partial charge in [0.15, 0.2) is 11.6 Å². The number of nitrogens with zero attached hydrogens (tertiary/aromatic N) is 3. The molecule has 5 rings (SSSR count). The minimum Gasteiger partial charge on any atom is -0.437 e. The lowest BCUT2D eigenvalue weighted by Gasteiger charge is -2.12. The van der Waals surface area contributed by atoms with Gasteiger partial charge in [0.25, 0.3) is 5.91 Å². The van der Waals surface area contributed by atoms with Crippen molar-refractivity contribution < 1.29 is 18.7 Å². The number of hydrogen-bond acceptors (Lipinski definition) is 8. The van der Waals surface area contributed by atoms with Gasteiger partial charge in [-0.25, -0.2) is 19.4 Å². The molecule has 0 aliphatic carbocycles. The third-order valence-electron chi connectivity index (χ3n) is 6.77. The van der Waals surface area contributed by atoms with Gasteiger partial charge in [0.1, 0.15) is 22.1 Å². The lowest BCUT2D eigenvalue weighted by Crippen LogP contribution is -2.29. The van der Waals surface area contributed by atoms with Crippen molar-refractivity contribution >= 4 is 46.2 Å². The Balaban J connectivity index is 1.33. The number of Topliss-reactive ketones (excluding diaryl/α,β-unsaturated/α-hetero) is 1. The minimum absolute atomic E-state index is 0.0896. The van der Waals surface area contributed by atoms with Crippen molar-refractivity contribution in [1.82, 2.24) is 15.3 Å². The molecule has 0 spiro atoms. The average molecular weight is 661 g/mol. The predicted octanol–water partition coefficient (Wildman–Crippen LogP) is 7.69.